The number of fused-ring (bicyclic) bond motifs is 1. The average molecular weight is 226 g/mol. The molecule has 16 heavy (non-hydrogen) atoms. The second-order valence-electron chi connectivity index (χ2n) is 3.68. The molecule has 0 saturated carbocycles. The van der Waals surface area contributed by atoms with Crippen LogP contribution in [-0.2, 0) is 0 Å². The van der Waals surface area contributed by atoms with E-state index in [1.807, 2.05) is 18.2 Å². The number of thiol groups is 1. The van der Waals surface area contributed by atoms with Gasteiger partial charge in [0.15, 0.2) is 0 Å². The quantitative estimate of drug-likeness (QED) is 0.611. The first kappa shape index (κ1) is 9.48. The third-order valence-corrected chi connectivity index (χ3v) is 2.92. The number of aromatic nitrogens is 2. The molecule has 2 aromatic carbocycles. The van der Waals surface area contributed by atoms with Gasteiger partial charge in [0, 0.05) is 4.90 Å². The van der Waals surface area contributed by atoms with Crippen molar-refractivity contribution in [3.05, 3.63) is 48.8 Å². The van der Waals surface area contributed by atoms with Crippen LogP contribution in [0, 0.1) is 0 Å². The largest absolute Gasteiger partial charge is 0.345 e. The van der Waals surface area contributed by atoms with Crippen LogP contribution in [0.1, 0.15) is 0 Å². The lowest BCUT2D eigenvalue weighted by Gasteiger charge is -2.01. The van der Waals surface area contributed by atoms with Crippen molar-refractivity contribution in [3.8, 4) is 11.1 Å². The summed E-state index contributed by atoms with van der Waals surface area (Å²) in [6.45, 7) is 0. The molecule has 0 unspecified atom stereocenters. The maximum atomic E-state index is 4.28. The summed E-state index contributed by atoms with van der Waals surface area (Å²) >= 11 is 4.28. The van der Waals surface area contributed by atoms with Crippen LogP contribution in [0.4, 0.5) is 0 Å². The highest BCUT2D eigenvalue weighted by Crippen LogP contribution is 2.23. The highest BCUT2D eigenvalue weighted by Gasteiger charge is 2.00. The van der Waals surface area contributed by atoms with Gasteiger partial charge in [-0.1, -0.05) is 18.2 Å². The van der Waals surface area contributed by atoms with Gasteiger partial charge in [-0.05, 0) is 35.4 Å². The van der Waals surface area contributed by atoms with Gasteiger partial charge in [0.25, 0.3) is 0 Å². The van der Waals surface area contributed by atoms with Crippen molar-refractivity contribution in [1.29, 1.82) is 0 Å². The van der Waals surface area contributed by atoms with Crippen LogP contribution < -0.4 is 0 Å². The Hall–Kier alpha value is -1.74. The van der Waals surface area contributed by atoms with Gasteiger partial charge in [-0.2, -0.15) is 0 Å². The molecule has 0 aliphatic carbocycles. The highest BCUT2D eigenvalue weighted by atomic mass is 32.1. The number of nitrogens with one attached hydrogen (secondary N) is 1. The maximum Gasteiger partial charge on any atom is 0.0931 e. The van der Waals surface area contributed by atoms with Crippen LogP contribution in [0.15, 0.2) is 53.7 Å². The zero-order valence-electron chi connectivity index (χ0n) is 8.51. The number of aromatic amines is 1. The van der Waals surface area contributed by atoms with Crippen LogP contribution in [0.3, 0.4) is 0 Å². The number of hydrogen-bond acceptors (Lipinski definition) is 2. The minimum atomic E-state index is 0.978. The molecule has 3 heteroatoms. The number of imidazole rings is 1. The number of rotatable bonds is 1. The van der Waals surface area contributed by atoms with Gasteiger partial charge < -0.3 is 4.98 Å². The number of H-pyrrole nitrogens is 1. The number of hydrogen-bond donors (Lipinski definition) is 2. The molecule has 0 saturated heterocycles. The molecule has 1 aromatic heterocycles. The lowest BCUT2D eigenvalue weighted by atomic mass is 10.1. The van der Waals surface area contributed by atoms with E-state index in [2.05, 4.69) is 46.9 Å². The van der Waals surface area contributed by atoms with E-state index in [4.69, 9.17) is 0 Å². The van der Waals surface area contributed by atoms with Crippen molar-refractivity contribution < 1.29 is 0 Å². The van der Waals surface area contributed by atoms with E-state index in [0.29, 0.717) is 0 Å². The van der Waals surface area contributed by atoms with Gasteiger partial charge in [0.05, 0.1) is 17.4 Å². The Morgan fingerprint density at radius 2 is 1.69 bits per heavy atom. The average Bonchev–Trinajstić information content (AvgIpc) is 2.77. The predicted molar refractivity (Wildman–Crippen MR) is 68.8 cm³/mol. The third-order valence-electron chi connectivity index (χ3n) is 2.62. The Morgan fingerprint density at radius 3 is 2.50 bits per heavy atom. The Kier molecular flexibility index (Phi) is 2.18. The van der Waals surface area contributed by atoms with E-state index in [0.717, 1.165) is 15.9 Å². The lowest BCUT2D eigenvalue weighted by Crippen LogP contribution is -1.78. The first-order chi connectivity index (χ1) is 7.83. The van der Waals surface area contributed by atoms with Crippen molar-refractivity contribution in [2.45, 2.75) is 4.90 Å². The molecule has 3 aromatic rings. The van der Waals surface area contributed by atoms with Gasteiger partial charge in [-0.3, -0.25) is 0 Å². The standard InChI is InChI=1S/C13H10N2S/c16-11-4-1-9(2-5-11)10-3-6-12-13(7-10)15-8-14-12/h1-8,16H,(H,14,15). The second-order valence-corrected chi connectivity index (χ2v) is 4.20. The van der Waals surface area contributed by atoms with Crippen molar-refractivity contribution in [2.75, 3.05) is 0 Å². The summed E-state index contributed by atoms with van der Waals surface area (Å²) in [6.07, 6.45) is 1.71. The summed E-state index contributed by atoms with van der Waals surface area (Å²) in [6, 6.07) is 14.3. The van der Waals surface area contributed by atoms with Crippen molar-refractivity contribution in [1.82, 2.24) is 9.97 Å². The molecule has 3 rings (SSSR count). The van der Waals surface area contributed by atoms with Gasteiger partial charge in [-0.25, -0.2) is 4.98 Å². The molecule has 0 atom stereocenters. The molecule has 1 N–H and O–H groups in total. The van der Waals surface area contributed by atoms with Crippen molar-refractivity contribution in [3.63, 3.8) is 0 Å². The zero-order chi connectivity index (χ0) is 11.0. The summed E-state index contributed by atoms with van der Waals surface area (Å²) < 4.78 is 0. The topological polar surface area (TPSA) is 28.7 Å². The molecule has 2 nitrogen and oxygen atoms in total. The summed E-state index contributed by atoms with van der Waals surface area (Å²) in [7, 11) is 0. The molecular weight excluding hydrogens is 216 g/mol. The van der Waals surface area contributed by atoms with Crippen LogP contribution in [0.25, 0.3) is 22.2 Å². The van der Waals surface area contributed by atoms with Crippen LogP contribution >= 0.6 is 12.6 Å². The van der Waals surface area contributed by atoms with E-state index in [-0.39, 0.29) is 0 Å². The molecule has 0 fully saturated rings. The van der Waals surface area contributed by atoms with E-state index < -0.39 is 0 Å². The highest BCUT2D eigenvalue weighted by molar-refractivity contribution is 7.80. The van der Waals surface area contributed by atoms with E-state index in [9.17, 15) is 0 Å². The molecule has 0 radical (unpaired) electrons. The molecule has 0 aliphatic rings. The fraction of sp³-hybridized carbons (Fsp3) is 0. The van der Waals surface area contributed by atoms with E-state index in [1.165, 1.54) is 11.1 Å². The van der Waals surface area contributed by atoms with Crippen LogP contribution in [0.5, 0.6) is 0 Å². The van der Waals surface area contributed by atoms with Gasteiger partial charge in [0.2, 0.25) is 0 Å². The third kappa shape index (κ3) is 1.59. The maximum absolute atomic E-state index is 4.28. The second kappa shape index (κ2) is 3.68. The Morgan fingerprint density at radius 1 is 0.938 bits per heavy atom. The molecule has 1 heterocycles. The minimum Gasteiger partial charge on any atom is -0.345 e. The fourth-order valence-corrected chi connectivity index (χ4v) is 1.92. The summed E-state index contributed by atoms with van der Waals surface area (Å²) in [5, 5.41) is 0. The number of benzene rings is 2. The number of nitrogens with zero attached hydrogens (tertiary/aromatic N) is 1. The van der Waals surface area contributed by atoms with E-state index >= 15 is 0 Å². The Bertz CT molecular complexity index is 626. The minimum absolute atomic E-state index is 0.978. The van der Waals surface area contributed by atoms with Crippen LogP contribution in [-0.4, -0.2) is 9.97 Å². The monoisotopic (exact) mass is 226 g/mol. The molecule has 0 spiro atoms. The van der Waals surface area contributed by atoms with Gasteiger partial charge in [0.1, 0.15) is 0 Å². The molecular formula is C13H10N2S. The molecule has 0 bridgehead atoms. The predicted octanol–water partition coefficient (Wildman–Crippen LogP) is 3.52. The lowest BCUT2D eigenvalue weighted by molar-refractivity contribution is 1.34. The fourth-order valence-electron chi connectivity index (χ4n) is 1.77. The molecule has 0 amide bonds. The first-order valence-corrected chi connectivity index (χ1v) is 5.50. The van der Waals surface area contributed by atoms with Gasteiger partial charge >= 0.3 is 0 Å². The smallest absolute Gasteiger partial charge is 0.0931 e. The van der Waals surface area contributed by atoms with E-state index in [1.54, 1.807) is 6.33 Å². The molecule has 0 aliphatic heterocycles. The van der Waals surface area contributed by atoms with Gasteiger partial charge in [-0.15, -0.1) is 12.6 Å². The summed E-state index contributed by atoms with van der Waals surface area (Å²) in [4.78, 5) is 8.29. The summed E-state index contributed by atoms with van der Waals surface area (Å²) in [5.74, 6) is 0. The normalized spacial score (nSPS) is 10.8. The molecule has 78 valence electrons. The Labute approximate surface area is 98.8 Å². The Balaban J connectivity index is 2.14. The first-order valence-electron chi connectivity index (χ1n) is 5.05. The SMILES string of the molecule is Sc1ccc(-c2ccc3nc[nH]c3c2)cc1. The zero-order valence-corrected chi connectivity index (χ0v) is 9.41. The van der Waals surface area contributed by atoms with Crippen molar-refractivity contribution in [2.24, 2.45) is 0 Å². The van der Waals surface area contributed by atoms with Crippen molar-refractivity contribution >= 4 is 23.7 Å². The van der Waals surface area contributed by atoms with Crippen LogP contribution in [0.2, 0.25) is 0 Å². The summed E-state index contributed by atoms with van der Waals surface area (Å²) in [5.41, 5.74) is 4.43.